The number of hydrogen-bond acceptors (Lipinski definition) is 2. The lowest BCUT2D eigenvalue weighted by Crippen LogP contribution is -2.25. The predicted octanol–water partition coefficient (Wildman–Crippen LogP) is 6.33. The number of anilines is 1. The van der Waals surface area contributed by atoms with Crippen molar-refractivity contribution in [3.05, 3.63) is 99.0 Å². The molecule has 0 radical (unpaired) electrons. The van der Waals surface area contributed by atoms with Crippen molar-refractivity contribution in [3.63, 3.8) is 0 Å². The molecule has 0 spiro atoms. The molecule has 120 valence electrons. The van der Waals surface area contributed by atoms with Crippen LogP contribution in [0.1, 0.15) is 29.0 Å². The molecule has 2 nitrogen and oxygen atoms in total. The Labute approximate surface area is 154 Å². The molecular weight excluding hydrogens is 386 g/mol. The maximum Gasteiger partial charge on any atom is 0.155 e. The lowest BCUT2D eigenvalue weighted by molar-refractivity contribution is 0.0157. The molecule has 4 rings (SSSR count). The van der Waals surface area contributed by atoms with Gasteiger partial charge in [0.2, 0.25) is 0 Å². The average Bonchev–Trinajstić information content (AvgIpc) is 2.62. The number of fused-ring (bicyclic) bond motifs is 1. The van der Waals surface area contributed by atoms with E-state index in [0.717, 1.165) is 26.9 Å². The van der Waals surface area contributed by atoms with Gasteiger partial charge in [0.15, 0.2) is 6.23 Å². The molecule has 0 aliphatic carbocycles. The Bertz CT molecular complexity index is 851. The molecule has 4 heteroatoms. The summed E-state index contributed by atoms with van der Waals surface area (Å²) in [5, 5.41) is 4.17. The second-order valence-electron chi connectivity index (χ2n) is 5.73. The number of halogens is 2. The van der Waals surface area contributed by atoms with E-state index < -0.39 is 0 Å². The molecule has 0 aromatic heterocycles. The third-order valence-corrected chi connectivity index (χ3v) is 4.89. The first-order valence-electron chi connectivity index (χ1n) is 7.72. The fourth-order valence-corrected chi connectivity index (χ4v) is 3.40. The van der Waals surface area contributed by atoms with E-state index in [1.165, 1.54) is 0 Å². The molecule has 0 fully saturated rings. The van der Waals surface area contributed by atoms with E-state index in [9.17, 15) is 0 Å². The van der Waals surface area contributed by atoms with Crippen LogP contribution >= 0.6 is 27.5 Å². The average molecular weight is 401 g/mol. The van der Waals surface area contributed by atoms with Gasteiger partial charge in [0.25, 0.3) is 0 Å². The summed E-state index contributed by atoms with van der Waals surface area (Å²) in [5.74, 6) is 0. The molecule has 0 saturated heterocycles. The summed E-state index contributed by atoms with van der Waals surface area (Å²) in [5.41, 5.74) is 4.30. The van der Waals surface area contributed by atoms with Crippen LogP contribution in [0.25, 0.3) is 0 Å². The number of rotatable bonds is 2. The summed E-state index contributed by atoms with van der Waals surface area (Å²) >= 11 is 9.69. The van der Waals surface area contributed by atoms with Crippen LogP contribution in [0, 0.1) is 0 Å². The fraction of sp³-hybridized carbons (Fsp3) is 0.100. The quantitative estimate of drug-likeness (QED) is 0.542. The summed E-state index contributed by atoms with van der Waals surface area (Å²) in [6.45, 7) is 0. The van der Waals surface area contributed by atoms with Gasteiger partial charge >= 0.3 is 0 Å². The monoisotopic (exact) mass is 399 g/mol. The van der Waals surface area contributed by atoms with Crippen LogP contribution in [-0.4, -0.2) is 0 Å². The zero-order valence-corrected chi connectivity index (χ0v) is 15.1. The maximum absolute atomic E-state index is 6.39. The van der Waals surface area contributed by atoms with Crippen molar-refractivity contribution in [2.45, 2.75) is 12.3 Å². The molecule has 0 amide bonds. The van der Waals surface area contributed by atoms with Crippen LogP contribution in [0.15, 0.2) is 77.3 Å². The Morgan fingerprint density at radius 1 is 0.875 bits per heavy atom. The lowest BCUT2D eigenvalue weighted by atomic mass is 9.97. The maximum atomic E-state index is 6.39. The Morgan fingerprint density at radius 2 is 1.62 bits per heavy atom. The topological polar surface area (TPSA) is 21.3 Å². The van der Waals surface area contributed by atoms with Crippen molar-refractivity contribution in [1.82, 2.24) is 0 Å². The van der Waals surface area contributed by atoms with E-state index in [1.807, 2.05) is 48.5 Å². The zero-order chi connectivity index (χ0) is 16.5. The van der Waals surface area contributed by atoms with Crippen LogP contribution in [0.4, 0.5) is 5.69 Å². The number of ether oxygens (including phenoxy) is 1. The summed E-state index contributed by atoms with van der Waals surface area (Å²) in [6, 6.07) is 24.3. The summed E-state index contributed by atoms with van der Waals surface area (Å²) in [7, 11) is 0. The van der Waals surface area contributed by atoms with E-state index in [-0.39, 0.29) is 12.3 Å². The molecule has 1 aliphatic rings. The molecule has 1 N–H and O–H groups in total. The van der Waals surface area contributed by atoms with Crippen molar-refractivity contribution in [3.8, 4) is 0 Å². The first-order chi connectivity index (χ1) is 11.7. The molecule has 24 heavy (non-hydrogen) atoms. The zero-order valence-electron chi connectivity index (χ0n) is 12.7. The minimum atomic E-state index is -0.211. The normalized spacial score (nSPS) is 19.4. The predicted molar refractivity (Wildman–Crippen MR) is 101 cm³/mol. The second-order valence-corrected chi connectivity index (χ2v) is 7.09. The highest BCUT2D eigenvalue weighted by Gasteiger charge is 2.29. The molecule has 1 aliphatic heterocycles. The van der Waals surface area contributed by atoms with Gasteiger partial charge in [0.1, 0.15) is 6.10 Å². The van der Waals surface area contributed by atoms with E-state index in [4.69, 9.17) is 16.3 Å². The molecule has 3 aromatic carbocycles. The molecule has 1 heterocycles. The Hall–Kier alpha value is -1.81. The van der Waals surface area contributed by atoms with Crippen LogP contribution < -0.4 is 5.32 Å². The minimum absolute atomic E-state index is 0.158. The Kier molecular flexibility index (Phi) is 4.31. The number of hydrogen-bond donors (Lipinski definition) is 1. The van der Waals surface area contributed by atoms with E-state index in [2.05, 4.69) is 45.5 Å². The largest absolute Gasteiger partial charge is 0.356 e. The van der Waals surface area contributed by atoms with Gasteiger partial charge in [-0.1, -0.05) is 70.0 Å². The van der Waals surface area contributed by atoms with Crippen molar-refractivity contribution in [1.29, 1.82) is 0 Å². The Morgan fingerprint density at radius 3 is 2.38 bits per heavy atom. The molecule has 2 atom stereocenters. The highest BCUT2D eigenvalue weighted by molar-refractivity contribution is 9.10. The smallest absolute Gasteiger partial charge is 0.155 e. The standard InChI is InChI=1S/C20H15BrClNO/c21-15-8-6-14(7-9-15)20-23-18-11-10-16(22)12-17(18)19(24-20)13-4-2-1-3-5-13/h1-12,19-20,23H/t19-,20-/m0/s1. The van der Waals surface area contributed by atoms with Gasteiger partial charge in [0, 0.05) is 26.3 Å². The summed E-state index contributed by atoms with van der Waals surface area (Å²) in [6.07, 6.45) is -0.369. The molecule has 0 bridgehead atoms. The molecule has 3 aromatic rings. The van der Waals surface area contributed by atoms with Crippen molar-refractivity contribution >= 4 is 33.2 Å². The highest BCUT2D eigenvalue weighted by Crippen LogP contribution is 2.42. The first kappa shape index (κ1) is 15.7. The third kappa shape index (κ3) is 3.07. The number of benzene rings is 3. The van der Waals surface area contributed by atoms with Gasteiger partial charge in [0.05, 0.1) is 0 Å². The van der Waals surface area contributed by atoms with E-state index >= 15 is 0 Å². The van der Waals surface area contributed by atoms with Crippen LogP contribution in [0.2, 0.25) is 5.02 Å². The van der Waals surface area contributed by atoms with Crippen molar-refractivity contribution < 1.29 is 4.74 Å². The highest BCUT2D eigenvalue weighted by atomic mass is 79.9. The molecular formula is C20H15BrClNO. The number of nitrogens with one attached hydrogen (secondary N) is 1. The van der Waals surface area contributed by atoms with Crippen molar-refractivity contribution in [2.75, 3.05) is 5.32 Å². The van der Waals surface area contributed by atoms with Gasteiger partial charge in [-0.3, -0.25) is 0 Å². The summed E-state index contributed by atoms with van der Waals surface area (Å²) < 4.78 is 7.44. The van der Waals surface area contributed by atoms with Gasteiger partial charge in [-0.15, -0.1) is 0 Å². The third-order valence-electron chi connectivity index (χ3n) is 4.13. The minimum Gasteiger partial charge on any atom is -0.356 e. The van der Waals surface area contributed by atoms with Gasteiger partial charge in [-0.05, 0) is 35.9 Å². The van der Waals surface area contributed by atoms with Gasteiger partial charge in [-0.2, -0.15) is 0 Å². The Balaban J connectivity index is 1.77. The molecule has 0 saturated carbocycles. The van der Waals surface area contributed by atoms with Crippen LogP contribution in [0.3, 0.4) is 0 Å². The lowest BCUT2D eigenvalue weighted by Gasteiger charge is -2.34. The SMILES string of the molecule is Clc1ccc2c(c1)[C@H](c1ccccc1)O[C@@H](c1ccc(Br)cc1)N2. The van der Waals surface area contributed by atoms with Crippen LogP contribution in [0.5, 0.6) is 0 Å². The fourth-order valence-electron chi connectivity index (χ4n) is 2.95. The van der Waals surface area contributed by atoms with Gasteiger partial charge < -0.3 is 10.1 Å². The molecule has 0 unspecified atom stereocenters. The second kappa shape index (κ2) is 6.60. The van der Waals surface area contributed by atoms with E-state index in [1.54, 1.807) is 0 Å². The van der Waals surface area contributed by atoms with Gasteiger partial charge in [-0.25, -0.2) is 0 Å². The van der Waals surface area contributed by atoms with E-state index in [0.29, 0.717) is 5.02 Å². The summed E-state index contributed by atoms with van der Waals surface area (Å²) in [4.78, 5) is 0. The van der Waals surface area contributed by atoms with Crippen molar-refractivity contribution in [2.24, 2.45) is 0 Å². The first-order valence-corrected chi connectivity index (χ1v) is 8.90. The van der Waals surface area contributed by atoms with Crippen LogP contribution in [-0.2, 0) is 4.74 Å².